The minimum atomic E-state index is -1.16. The molecule has 3 aromatic carbocycles. The van der Waals surface area contributed by atoms with Gasteiger partial charge in [-0.2, -0.15) is 0 Å². The van der Waals surface area contributed by atoms with E-state index in [9.17, 15) is 15.0 Å². The normalized spacial score (nSPS) is 41.0. The van der Waals surface area contributed by atoms with Gasteiger partial charge in [0.2, 0.25) is 0 Å². The minimum Gasteiger partial charge on any atom is -0.497 e. The molecule has 3 aromatic rings. The lowest BCUT2D eigenvalue weighted by molar-refractivity contribution is -0.176. The molecule has 2 spiro atoms. The van der Waals surface area contributed by atoms with Gasteiger partial charge >= 0.3 is 6.03 Å². The molecule has 6 bridgehead atoms. The van der Waals surface area contributed by atoms with Crippen molar-refractivity contribution in [1.29, 1.82) is 0 Å². The van der Waals surface area contributed by atoms with Crippen molar-refractivity contribution in [2.24, 2.45) is 56.7 Å². The van der Waals surface area contributed by atoms with Gasteiger partial charge in [-0.15, -0.1) is 0 Å². The molecule has 0 radical (unpaired) electrons. The van der Waals surface area contributed by atoms with Crippen molar-refractivity contribution >= 4 is 17.5 Å². The van der Waals surface area contributed by atoms with E-state index in [1.807, 2.05) is 65.6 Å². The van der Waals surface area contributed by atoms with Crippen LogP contribution in [-0.2, 0) is 0 Å². The number of nitrogens with zero attached hydrogens (tertiary/aromatic N) is 1. The number of aliphatic hydroxyl groups excluding tert-OH is 1. The number of hydrogen-bond donors (Lipinski definition) is 3. The number of rotatable bonds is 9. The molecule has 61 heavy (non-hydrogen) atoms. The average Bonchev–Trinajstić information content (AvgIpc) is 3.52. The monoisotopic (exact) mass is 820 g/mol. The summed E-state index contributed by atoms with van der Waals surface area (Å²) in [6, 6.07) is 25.7. The van der Waals surface area contributed by atoms with Crippen LogP contribution in [0.25, 0.3) is 11.1 Å². The minimum absolute atomic E-state index is 0.00730. The Balaban J connectivity index is 0.982. The largest absolute Gasteiger partial charge is 0.497 e. The first-order chi connectivity index (χ1) is 29.3. The summed E-state index contributed by atoms with van der Waals surface area (Å²) in [4.78, 5) is 32.5. The average molecular weight is 821 g/mol. The third-order valence-electron chi connectivity index (χ3n) is 19.0. The summed E-state index contributed by atoms with van der Waals surface area (Å²) in [6.45, 7) is 5.68. The number of amides is 2. The molecule has 13 rings (SSSR count). The molecule has 7 nitrogen and oxygen atoms in total. The van der Waals surface area contributed by atoms with Gasteiger partial charge in [0.1, 0.15) is 5.75 Å². The first-order valence-corrected chi connectivity index (χ1v) is 23.5. The Kier molecular flexibility index (Phi) is 9.03. The van der Waals surface area contributed by atoms with Gasteiger partial charge in [-0.3, -0.25) is 4.79 Å². The van der Waals surface area contributed by atoms with Crippen molar-refractivity contribution in [3.8, 4) is 16.9 Å². The Hall–Kier alpha value is -4.20. The quantitative estimate of drug-likeness (QED) is 0.147. The van der Waals surface area contributed by atoms with E-state index in [1.165, 1.54) is 38.5 Å². The molecule has 0 aliphatic heterocycles. The van der Waals surface area contributed by atoms with Crippen molar-refractivity contribution in [3.63, 3.8) is 0 Å². The van der Waals surface area contributed by atoms with E-state index < -0.39 is 27.9 Å². The van der Waals surface area contributed by atoms with Gasteiger partial charge in [0.05, 0.1) is 25.4 Å². The van der Waals surface area contributed by atoms with E-state index >= 15 is 4.79 Å². The van der Waals surface area contributed by atoms with Crippen LogP contribution in [0, 0.1) is 56.7 Å². The molecular formula is C54H64N2O5. The molecular weight excluding hydrogens is 757 g/mol. The number of allylic oxidation sites excluding steroid dienone is 4. The third kappa shape index (κ3) is 5.81. The number of methoxy groups -OCH3 is 1. The van der Waals surface area contributed by atoms with Gasteiger partial charge in [-0.1, -0.05) is 86.7 Å². The van der Waals surface area contributed by atoms with Gasteiger partial charge in [0, 0.05) is 39.6 Å². The number of ether oxygens (including phenoxy) is 1. The SMILES string of the molecule is COc1ccc(NC(=O)N(CC23CC4CC(CC(C4)C2)C3)CC2(O)CCC3C45C=CC6(C=C4C(=O)c4ccccc4-c4ccccc4)CC(O)CCC6(C)C5CCC32C)cc1. The Morgan fingerprint density at radius 3 is 2.10 bits per heavy atom. The lowest BCUT2D eigenvalue weighted by Crippen LogP contribution is -2.67. The Morgan fingerprint density at radius 1 is 0.754 bits per heavy atom. The second-order valence-corrected chi connectivity index (χ2v) is 22.0. The molecule has 7 fully saturated rings. The van der Waals surface area contributed by atoms with Crippen LogP contribution in [0.2, 0.25) is 0 Å². The molecule has 8 unspecified atom stereocenters. The zero-order chi connectivity index (χ0) is 42.0. The van der Waals surface area contributed by atoms with Crippen molar-refractivity contribution in [3.05, 3.63) is 108 Å². The number of aliphatic hydroxyl groups is 2. The first kappa shape index (κ1) is 39.6. The summed E-state index contributed by atoms with van der Waals surface area (Å²) >= 11 is 0. The van der Waals surface area contributed by atoms with Gasteiger partial charge in [0.25, 0.3) is 0 Å². The maximum Gasteiger partial charge on any atom is 0.321 e. The van der Waals surface area contributed by atoms with E-state index in [0.29, 0.717) is 24.9 Å². The molecule has 320 valence electrons. The molecule has 0 heterocycles. The molecule has 7 saturated carbocycles. The van der Waals surface area contributed by atoms with Crippen LogP contribution >= 0.6 is 0 Å². The molecule has 7 heteroatoms. The van der Waals surface area contributed by atoms with Crippen molar-refractivity contribution < 1.29 is 24.5 Å². The lowest BCUT2D eigenvalue weighted by atomic mass is 9.32. The fourth-order valence-corrected chi connectivity index (χ4v) is 16.6. The number of benzene rings is 3. The van der Waals surface area contributed by atoms with Crippen LogP contribution < -0.4 is 10.1 Å². The number of urea groups is 1. The molecule has 10 aliphatic rings. The second-order valence-electron chi connectivity index (χ2n) is 22.0. The molecule has 8 atom stereocenters. The summed E-state index contributed by atoms with van der Waals surface area (Å²) in [7, 11) is 1.65. The highest BCUT2D eigenvalue weighted by atomic mass is 16.5. The molecule has 0 aromatic heterocycles. The molecule has 2 amide bonds. The molecule has 0 saturated heterocycles. The number of Topliss-reactive ketones (excluding diaryl/α,β-unsaturated/α-hetero) is 1. The number of fused-ring (bicyclic) bond motifs is 1. The number of hydrogen-bond acceptors (Lipinski definition) is 5. The Bertz CT molecular complexity index is 2270. The van der Waals surface area contributed by atoms with E-state index in [2.05, 4.69) is 55.6 Å². The summed E-state index contributed by atoms with van der Waals surface area (Å²) in [5, 5.41) is 28.1. The van der Waals surface area contributed by atoms with Crippen molar-refractivity contribution in [2.75, 3.05) is 25.5 Å². The summed E-state index contributed by atoms with van der Waals surface area (Å²) < 4.78 is 5.42. The topological polar surface area (TPSA) is 99.1 Å². The van der Waals surface area contributed by atoms with Gasteiger partial charge in [-0.25, -0.2) is 4.79 Å². The highest BCUT2D eigenvalue weighted by Gasteiger charge is 2.74. The maximum atomic E-state index is 15.7. The van der Waals surface area contributed by atoms with Crippen LogP contribution in [0.3, 0.4) is 0 Å². The summed E-state index contributed by atoms with van der Waals surface area (Å²) in [5.74, 6) is 3.23. The number of carbonyl (C=O) groups excluding carboxylic acids is 2. The highest BCUT2D eigenvalue weighted by molar-refractivity contribution is 6.14. The summed E-state index contributed by atoms with van der Waals surface area (Å²) in [6.07, 6.45) is 19.6. The zero-order valence-electron chi connectivity index (χ0n) is 36.4. The molecule has 3 N–H and O–H groups in total. The van der Waals surface area contributed by atoms with Crippen LogP contribution in [-0.4, -0.2) is 58.8 Å². The van der Waals surface area contributed by atoms with Crippen LogP contribution in [0.15, 0.2) is 103 Å². The van der Waals surface area contributed by atoms with E-state index in [4.69, 9.17) is 4.74 Å². The van der Waals surface area contributed by atoms with E-state index in [-0.39, 0.29) is 41.0 Å². The number of ketones is 1. The highest BCUT2D eigenvalue weighted by Crippen LogP contribution is 2.78. The van der Waals surface area contributed by atoms with Gasteiger partial charge < -0.3 is 25.2 Å². The number of nitrogens with one attached hydrogen (secondary N) is 1. The van der Waals surface area contributed by atoms with E-state index in [0.717, 1.165) is 78.0 Å². The van der Waals surface area contributed by atoms with Crippen LogP contribution in [0.4, 0.5) is 10.5 Å². The maximum absolute atomic E-state index is 15.7. The van der Waals surface area contributed by atoms with Crippen LogP contribution in [0.5, 0.6) is 5.75 Å². The molecule has 10 aliphatic carbocycles. The fourth-order valence-electron chi connectivity index (χ4n) is 16.6. The van der Waals surface area contributed by atoms with Crippen LogP contribution in [0.1, 0.15) is 108 Å². The smallest absolute Gasteiger partial charge is 0.321 e. The lowest BCUT2D eigenvalue weighted by Gasteiger charge is -2.71. The first-order valence-electron chi connectivity index (χ1n) is 23.5. The standard InChI is InChI=1S/C54H64N2O5/c1-49-20-17-40(57)31-52(49)23-24-54(44(32-52)47(58)43-12-8-7-11-42(43)38-9-5-4-6-10-38)45(49)18-21-50(2)46(54)19-22-53(50,60)34-56(48(59)55-39-13-15-41(61-3)16-14-39)33-51-28-35-25-36(29-51)27-37(26-35)30-51/h4-16,23-24,32,35-37,40,45-46,57,60H,17-22,25-31,33-34H2,1-3H3,(H,55,59). The number of anilines is 1. The zero-order valence-corrected chi connectivity index (χ0v) is 36.4. The van der Waals surface area contributed by atoms with Crippen molar-refractivity contribution in [1.82, 2.24) is 4.90 Å². The second kappa shape index (κ2) is 13.9. The summed E-state index contributed by atoms with van der Waals surface area (Å²) in [5.41, 5.74) is 1.47. The van der Waals surface area contributed by atoms with Crippen molar-refractivity contribution in [2.45, 2.75) is 109 Å². The predicted octanol–water partition coefficient (Wildman–Crippen LogP) is 10.9. The number of carbonyl (C=O) groups is 2. The fraction of sp³-hybridized carbons (Fsp3) is 0.556. The Morgan fingerprint density at radius 2 is 1.39 bits per heavy atom. The third-order valence-corrected chi connectivity index (χ3v) is 19.0. The van der Waals surface area contributed by atoms with E-state index in [1.54, 1.807) is 7.11 Å². The predicted molar refractivity (Wildman–Crippen MR) is 239 cm³/mol. The van der Waals surface area contributed by atoms with Gasteiger partial charge in [0.15, 0.2) is 5.78 Å². The van der Waals surface area contributed by atoms with Gasteiger partial charge in [-0.05, 0) is 159 Å². The Labute approximate surface area is 362 Å².